The van der Waals surface area contributed by atoms with Crippen molar-refractivity contribution in [2.45, 2.75) is 35.9 Å². The van der Waals surface area contributed by atoms with Gasteiger partial charge in [0.25, 0.3) is 0 Å². The summed E-state index contributed by atoms with van der Waals surface area (Å²) in [7, 11) is 0. The van der Waals surface area contributed by atoms with Crippen LogP contribution in [0.25, 0.3) is 6.08 Å². The third-order valence-electron chi connectivity index (χ3n) is 6.54. The number of carbonyl (C=O) groups is 1. The first-order chi connectivity index (χ1) is 21.2. The second-order valence-electron chi connectivity index (χ2n) is 9.52. The highest BCUT2D eigenvalue weighted by Crippen LogP contribution is 2.42. The average Bonchev–Trinajstić information content (AvgIpc) is 3.52. The molecule has 3 aromatic rings. The van der Waals surface area contributed by atoms with Crippen LogP contribution in [-0.2, 0) is 31.1 Å². The quantitative estimate of drug-likeness (QED) is 0.133. The Labute approximate surface area is 261 Å². The van der Waals surface area contributed by atoms with Gasteiger partial charge in [-0.25, -0.2) is 27.6 Å². The number of allylic oxidation sites excluding steroid dienone is 2. The average molecular weight is 649 g/mol. The third-order valence-corrected chi connectivity index (χ3v) is 8.14. The second-order valence-corrected chi connectivity index (χ2v) is 11.5. The highest BCUT2D eigenvalue weighted by atomic mass is 35.5. The zero-order valence-electron chi connectivity index (χ0n) is 23.4. The molecule has 2 aromatic carbocycles. The van der Waals surface area contributed by atoms with Crippen molar-refractivity contribution in [3.05, 3.63) is 101 Å². The molecule has 1 saturated heterocycles. The summed E-state index contributed by atoms with van der Waals surface area (Å²) in [5.74, 6) is -2.20. The number of halogens is 4. The van der Waals surface area contributed by atoms with Gasteiger partial charge in [-0.05, 0) is 37.3 Å². The summed E-state index contributed by atoms with van der Waals surface area (Å²) in [5.41, 5.74) is -1.24. The Kier molecular flexibility index (Phi) is 11.8. The molecule has 0 spiro atoms. The first-order valence-corrected chi connectivity index (χ1v) is 14.8. The Morgan fingerprint density at radius 3 is 2.68 bits per heavy atom. The molecule has 0 N–H and O–H groups in total. The summed E-state index contributed by atoms with van der Waals surface area (Å²) in [6.45, 7) is 1.91. The topological polar surface area (TPSA) is 108 Å². The van der Waals surface area contributed by atoms with Gasteiger partial charge < -0.3 is 18.9 Å². The van der Waals surface area contributed by atoms with Crippen LogP contribution in [0.5, 0.6) is 0 Å². The van der Waals surface area contributed by atoms with Gasteiger partial charge in [0.1, 0.15) is 36.7 Å². The molecule has 1 fully saturated rings. The number of ether oxygens (including phenoxy) is 4. The normalized spacial score (nSPS) is 19.0. The van der Waals surface area contributed by atoms with Crippen molar-refractivity contribution in [2.24, 2.45) is 0 Å². The number of hydrogen-bond acceptors (Lipinski definition) is 9. The van der Waals surface area contributed by atoms with Crippen LogP contribution < -0.4 is 0 Å². The van der Waals surface area contributed by atoms with Crippen LogP contribution in [0.15, 0.2) is 67.3 Å². The molecule has 0 aliphatic carbocycles. The summed E-state index contributed by atoms with van der Waals surface area (Å²) in [6, 6.07) is 9.09. The first-order valence-electron chi connectivity index (χ1n) is 13.4. The van der Waals surface area contributed by atoms with E-state index in [-0.39, 0.29) is 48.6 Å². The van der Waals surface area contributed by atoms with E-state index >= 15 is 4.39 Å². The number of nitrogens with zero attached hydrogens (tertiary/aromatic N) is 4. The minimum atomic E-state index is -1.72. The molecular weight excluding hydrogens is 621 g/mol. The van der Waals surface area contributed by atoms with Crippen molar-refractivity contribution in [3.63, 3.8) is 0 Å². The summed E-state index contributed by atoms with van der Waals surface area (Å²) in [6.07, 6.45) is 7.39. The van der Waals surface area contributed by atoms with E-state index < -0.39 is 40.7 Å². The number of carbonyl (C=O) groups excluding carboxylic acids is 1. The molecule has 0 saturated carbocycles. The second kappa shape index (κ2) is 15.8. The van der Waals surface area contributed by atoms with E-state index in [1.807, 2.05) is 6.07 Å². The van der Waals surface area contributed by atoms with Gasteiger partial charge in [0.05, 0.1) is 42.5 Å². The summed E-state index contributed by atoms with van der Waals surface area (Å²) >= 11 is 6.98. The highest BCUT2D eigenvalue weighted by Gasteiger charge is 2.47. The first kappa shape index (κ1) is 33.1. The van der Waals surface area contributed by atoms with Gasteiger partial charge in [-0.2, -0.15) is 10.4 Å². The predicted octanol–water partition coefficient (Wildman–Crippen LogP) is 5.99. The smallest absolute Gasteiger partial charge is 0.433 e. The molecule has 0 bridgehead atoms. The fraction of sp³-hybridized carbons (Fsp3) is 0.333. The molecule has 232 valence electrons. The van der Waals surface area contributed by atoms with E-state index in [1.54, 1.807) is 31.2 Å². The number of benzene rings is 2. The number of alkyl halides is 1. The molecule has 14 heteroatoms. The Morgan fingerprint density at radius 2 is 2.02 bits per heavy atom. The van der Waals surface area contributed by atoms with E-state index in [0.717, 1.165) is 12.1 Å². The number of aromatic nitrogens is 3. The lowest BCUT2D eigenvalue weighted by atomic mass is 9.89. The monoisotopic (exact) mass is 648 g/mol. The Morgan fingerprint density at radius 1 is 1.23 bits per heavy atom. The molecule has 2 heterocycles. The lowest BCUT2D eigenvalue weighted by molar-refractivity contribution is -0.146. The minimum Gasteiger partial charge on any atom is -0.433 e. The Hall–Kier alpha value is -3.83. The van der Waals surface area contributed by atoms with Gasteiger partial charge in [0, 0.05) is 22.4 Å². The SMILES string of the molecule is C[C@@H](SC1COC(C=CC=Cc2ccc(C#N)cc2F)OC1)[C@@](Cn1cncn1)(OC(=O)OCCCl)c1ccc(F)cc1F. The molecular formula is C30H28ClF3N4O5S. The third kappa shape index (κ3) is 8.63. The van der Waals surface area contributed by atoms with Gasteiger partial charge in [0.2, 0.25) is 0 Å². The predicted molar refractivity (Wildman–Crippen MR) is 157 cm³/mol. The van der Waals surface area contributed by atoms with Gasteiger partial charge in [-0.3, -0.25) is 0 Å². The molecule has 0 amide bonds. The maximum atomic E-state index is 15.3. The molecule has 0 unspecified atom stereocenters. The van der Waals surface area contributed by atoms with Crippen LogP contribution in [-0.4, -0.2) is 63.4 Å². The molecule has 4 rings (SSSR count). The molecule has 2 atom stereocenters. The van der Waals surface area contributed by atoms with E-state index in [0.29, 0.717) is 11.6 Å². The molecule has 1 aliphatic rings. The minimum absolute atomic E-state index is 0.0227. The lowest BCUT2D eigenvalue weighted by Crippen LogP contribution is -2.47. The summed E-state index contributed by atoms with van der Waals surface area (Å²) in [5, 5.41) is 12.0. The van der Waals surface area contributed by atoms with Gasteiger partial charge in [0.15, 0.2) is 11.9 Å². The maximum Gasteiger partial charge on any atom is 0.509 e. The summed E-state index contributed by atoms with van der Waals surface area (Å²) in [4.78, 5) is 16.7. The zero-order chi connectivity index (χ0) is 31.5. The fourth-order valence-electron chi connectivity index (χ4n) is 4.43. The van der Waals surface area contributed by atoms with Crippen LogP contribution >= 0.6 is 23.4 Å². The van der Waals surface area contributed by atoms with Crippen molar-refractivity contribution >= 4 is 35.6 Å². The van der Waals surface area contributed by atoms with Gasteiger partial charge >= 0.3 is 6.16 Å². The number of thioether (sulfide) groups is 1. The van der Waals surface area contributed by atoms with E-state index in [9.17, 15) is 13.6 Å². The van der Waals surface area contributed by atoms with Gasteiger partial charge in [-0.1, -0.05) is 24.3 Å². The van der Waals surface area contributed by atoms with Crippen molar-refractivity contribution in [1.82, 2.24) is 14.8 Å². The van der Waals surface area contributed by atoms with Crippen molar-refractivity contribution in [2.75, 3.05) is 25.7 Å². The van der Waals surface area contributed by atoms with Gasteiger partial charge in [-0.15, -0.1) is 23.4 Å². The molecule has 9 nitrogen and oxygen atoms in total. The molecule has 0 radical (unpaired) electrons. The van der Waals surface area contributed by atoms with Crippen LogP contribution in [0, 0.1) is 28.8 Å². The Bertz CT molecular complexity index is 1510. The van der Waals surface area contributed by atoms with Crippen LogP contribution in [0.4, 0.5) is 18.0 Å². The van der Waals surface area contributed by atoms with Crippen molar-refractivity contribution in [3.8, 4) is 6.07 Å². The standard InChI is InChI=1S/C30H28ClF3N4O5S/c1-20(44-24-15-41-28(42-16-24)5-3-2-4-22-7-6-21(14-35)12-26(22)33)30(17-38-19-36-18-37-38,43-29(39)40-11-10-31)25-9-8-23(32)13-27(25)34/h2-9,12-13,18-20,24,28H,10-11,15-17H2,1H3/t20-,24?,28?,30-/m1/s1. The Balaban J connectivity index is 1.47. The largest absolute Gasteiger partial charge is 0.509 e. The number of nitriles is 1. The van der Waals surface area contributed by atoms with E-state index in [1.165, 1.54) is 47.3 Å². The van der Waals surface area contributed by atoms with Crippen molar-refractivity contribution in [1.29, 1.82) is 5.26 Å². The highest BCUT2D eigenvalue weighted by molar-refractivity contribution is 8.00. The maximum absolute atomic E-state index is 15.3. The van der Waals surface area contributed by atoms with E-state index in [2.05, 4.69) is 10.1 Å². The van der Waals surface area contributed by atoms with Crippen LogP contribution in [0.1, 0.15) is 23.6 Å². The lowest BCUT2D eigenvalue weighted by Gasteiger charge is -2.40. The zero-order valence-corrected chi connectivity index (χ0v) is 25.0. The van der Waals surface area contributed by atoms with Crippen molar-refractivity contribution < 1.29 is 36.9 Å². The summed E-state index contributed by atoms with van der Waals surface area (Å²) < 4.78 is 67.2. The number of rotatable bonds is 12. The fourth-order valence-corrected chi connectivity index (χ4v) is 5.86. The molecule has 44 heavy (non-hydrogen) atoms. The van der Waals surface area contributed by atoms with Crippen LogP contribution in [0.3, 0.4) is 0 Å². The van der Waals surface area contributed by atoms with Crippen LogP contribution in [0.2, 0.25) is 0 Å². The molecule has 1 aliphatic heterocycles. The number of hydrogen-bond donors (Lipinski definition) is 0. The van der Waals surface area contributed by atoms with E-state index in [4.69, 9.17) is 35.8 Å². The molecule has 1 aromatic heterocycles.